The molecule has 0 saturated heterocycles. The van der Waals surface area contributed by atoms with Crippen molar-refractivity contribution >= 4 is 22.1 Å². The maximum Gasteiger partial charge on any atom is 0.326 e. The number of methoxy groups -OCH3 is 1. The Balaban J connectivity index is 1.58. The highest BCUT2D eigenvalue weighted by Gasteiger charge is 2.56. The molecule has 2 unspecified atom stereocenters. The van der Waals surface area contributed by atoms with Crippen LogP contribution in [0.25, 0.3) is 22.1 Å². The third-order valence-electron chi connectivity index (χ3n) is 7.16. The van der Waals surface area contributed by atoms with Crippen LogP contribution in [0.15, 0.2) is 23.3 Å². The fourth-order valence-electron chi connectivity index (χ4n) is 6.50. The van der Waals surface area contributed by atoms with Crippen LogP contribution in [0, 0.1) is 17.8 Å². The molecule has 3 aromatic heterocycles. The summed E-state index contributed by atoms with van der Waals surface area (Å²) in [6.07, 6.45) is 9.51. The van der Waals surface area contributed by atoms with E-state index in [0.717, 1.165) is 40.8 Å². The molecule has 3 aromatic rings. The number of hydrogen-bond donors (Lipinski definition) is 2. The number of fused-ring (bicyclic) bond motifs is 3. The van der Waals surface area contributed by atoms with Crippen LogP contribution in [-0.4, -0.2) is 32.2 Å². The molecule has 2 atom stereocenters. The SMILES string of the molecule is CO[C@]12CC3CC(C1)[C@H](n1c(=O)[nH]c4cnc5[nH]ccc5c41)C(C3)C2. The highest BCUT2D eigenvalue weighted by molar-refractivity contribution is 6.00. The first-order valence-electron chi connectivity index (χ1n) is 9.29. The van der Waals surface area contributed by atoms with Crippen molar-refractivity contribution in [1.82, 2.24) is 19.5 Å². The number of nitrogens with one attached hydrogen (secondary N) is 2. The lowest BCUT2D eigenvalue weighted by molar-refractivity contribution is -0.164. The predicted octanol–water partition coefficient (Wildman–Crippen LogP) is 2.97. The third-order valence-corrected chi connectivity index (χ3v) is 7.16. The summed E-state index contributed by atoms with van der Waals surface area (Å²) in [6.45, 7) is 0. The second-order valence-corrected chi connectivity index (χ2v) is 8.41. The molecule has 6 nitrogen and oxygen atoms in total. The Bertz CT molecular complexity index is 1030. The van der Waals surface area contributed by atoms with Crippen molar-refractivity contribution in [3.8, 4) is 0 Å². The van der Waals surface area contributed by atoms with Crippen LogP contribution < -0.4 is 5.69 Å². The number of nitrogens with zero attached hydrogens (tertiary/aromatic N) is 2. The molecule has 6 heteroatoms. The molecular formula is C19H22N4O2. The first-order chi connectivity index (χ1) is 12.2. The minimum atomic E-state index is 0.00874. The number of aromatic amines is 2. The largest absolute Gasteiger partial charge is 0.378 e. The number of rotatable bonds is 2. The Labute approximate surface area is 144 Å². The molecule has 4 bridgehead atoms. The maximum absolute atomic E-state index is 12.9. The summed E-state index contributed by atoms with van der Waals surface area (Å²) in [6, 6.07) is 2.31. The van der Waals surface area contributed by atoms with Gasteiger partial charge in [0.05, 0.1) is 22.8 Å². The minimum absolute atomic E-state index is 0.00874. The minimum Gasteiger partial charge on any atom is -0.378 e. The standard InChI is InChI=1S/C19H22N4O2/c1-25-19-6-10-4-11(7-19)15(12(5-10)8-19)23-16-13-2-3-20-17(13)21-9-14(16)22-18(23)24/h2-3,9-12,15H,4-8H2,1H3,(H,20,21)(H,22,24)/t10?,11?,12?,15-,19+. The van der Waals surface area contributed by atoms with Gasteiger partial charge in [0, 0.05) is 24.7 Å². The summed E-state index contributed by atoms with van der Waals surface area (Å²) < 4.78 is 8.04. The maximum atomic E-state index is 12.9. The van der Waals surface area contributed by atoms with Gasteiger partial charge in [-0.3, -0.25) is 4.57 Å². The van der Waals surface area contributed by atoms with Gasteiger partial charge in [-0.15, -0.1) is 0 Å². The number of imidazole rings is 1. The molecule has 4 fully saturated rings. The van der Waals surface area contributed by atoms with Gasteiger partial charge in [0.1, 0.15) is 5.65 Å². The topological polar surface area (TPSA) is 75.7 Å². The highest BCUT2D eigenvalue weighted by atomic mass is 16.5. The van der Waals surface area contributed by atoms with E-state index in [9.17, 15) is 4.79 Å². The highest BCUT2D eigenvalue weighted by Crippen LogP contribution is 2.61. The molecule has 0 aliphatic heterocycles. The van der Waals surface area contributed by atoms with Crippen LogP contribution in [0.1, 0.15) is 38.1 Å². The van der Waals surface area contributed by atoms with Gasteiger partial charge in [0.25, 0.3) is 0 Å². The summed E-state index contributed by atoms with van der Waals surface area (Å²) in [7, 11) is 1.87. The van der Waals surface area contributed by atoms with E-state index in [1.165, 1.54) is 19.3 Å². The molecule has 4 saturated carbocycles. The average molecular weight is 338 g/mol. The molecule has 4 aliphatic carbocycles. The van der Waals surface area contributed by atoms with Crippen molar-refractivity contribution < 1.29 is 4.74 Å². The zero-order valence-electron chi connectivity index (χ0n) is 14.3. The summed E-state index contributed by atoms with van der Waals surface area (Å²) in [5, 5.41) is 1.03. The van der Waals surface area contributed by atoms with E-state index in [4.69, 9.17) is 4.74 Å². The monoisotopic (exact) mass is 338 g/mol. The average Bonchev–Trinajstić information content (AvgIpc) is 3.18. The van der Waals surface area contributed by atoms with Crippen molar-refractivity contribution in [2.24, 2.45) is 17.8 Å². The fraction of sp³-hybridized carbons (Fsp3) is 0.579. The molecule has 0 radical (unpaired) electrons. The number of pyridine rings is 1. The van der Waals surface area contributed by atoms with Crippen LogP contribution in [-0.2, 0) is 4.74 Å². The Kier molecular flexibility index (Phi) is 2.57. The smallest absolute Gasteiger partial charge is 0.326 e. The zero-order chi connectivity index (χ0) is 16.8. The van der Waals surface area contributed by atoms with Crippen LogP contribution in [0.5, 0.6) is 0 Å². The molecule has 25 heavy (non-hydrogen) atoms. The van der Waals surface area contributed by atoms with Gasteiger partial charge in [0.2, 0.25) is 0 Å². The molecule has 4 aliphatic rings. The molecule has 3 heterocycles. The molecular weight excluding hydrogens is 316 g/mol. The lowest BCUT2D eigenvalue weighted by Gasteiger charge is -2.59. The zero-order valence-corrected chi connectivity index (χ0v) is 14.3. The predicted molar refractivity (Wildman–Crippen MR) is 94.5 cm³/mol. The van der Waals surface area contributed by atoms with Crippen molar-refractivity contribution in [3.63, 3.8) is 0 Å². The van der Waals surface area contributed by atoms with Crippen molar-refractivity contribution in [1.29, 1.82) is 0 Å². The van der Waals surface area contributed by atoms with Crippen LogP contribution in [0.4, 0.5) is 0 Å². The summed E-state index contributed by atoms with van der Waals surface area (Å²) in [4.78, 5) is 23.6. The summed E-state index contributed by atoms with van der Waals surface area (Å²) >= 11 is 0. The van der Waals surface area contributed by atoms with Gasteiger partial charge in [-0.05, 0) is 55.9 Å². The molecule has 0 spiro atoms. The number of aromatic nitrogens is 4. The van der Waals surface area contributed by atoms with E-state index >= 15 is 0 Å². The van der Waals surface area contributed by atoms with Gasteiger partial charge in [-0.2, -0.15) is 0 Å². The van der Waals surface area contributed by atoms with Gasteiger partial charge < -0.3 is 14.7 Å². The van der Waals surface area contributed by atoms with Gasteiger partial charge in [0.15, 0.2) is 0 Å². The summed E-state index contributed by atoms with van der Waals surface area (Å²) in [5.41, 5.74) is 2.77. The molecule has 130 valence electrons. The first-order valence-corrected chi connectivity index (χ1v) is 9.29. The van der Waals surface area contributed by atoms with Crippen LogP contribution in [0.3, 0.4) is 0 Å². The number of H-pyrrole nitrogens is 2. The van der Waals surface area contributed by atoms with E-state index in [1.807, 2.05) is 19.4 Å². The second-order valence-electron chi connectivity index (χ2n) is 8.41. The van der Waals surface area contributed by atoms with E-state index in [-0.39, 0.29) is 17.3 Å². The molecule has 0 aromatic carbocycles. The summed E-state index contributed by atoms with van der Waals surface area (Å²) in [5.74, 6) is 1.83. The normalized spacial score (nSPS) is 36.7. The Morgan fingerprint density at radius 3 is 2.84 bits per heavy atom. The molecule has 0 amide bonds. The van der Waals surface area contributed by atoms with Gasteiger partial charge >= 0.3 is 5.69 Å². The quantitative estimate of drug-likeness (QED) is 0.754. The molecule has 2 N–H and O–H groups in total. The van der Waals surface area contributed by atoms with Crippen LogP contribution >= 0.6 is 0 Å². The Morgan fingerprint density at radius 1 is 1.28 bits per heavy atom. The fourth-order valence-corrected chi connectivity index (χ4v) is 6.50. The Hall–Kier alpha value is -2.08. The van der Waals surface area contributed by atoms with Crippen LogP contribution in [0.2, 0.25) is 0 Å². The van der Waals surface area contributed by atoms with Gasteiger partial charge in [-0.1, -0.05) is 0 Å². The van der Waals surface area contributed by atoms with E-state index in [1.54, 1.807) is 6.20 Å². The van der Waals surface area contributed by atoms with Crippen molar-refractivity contribution in [3.05, 3.63) is 28.9 Å². The van der Waals surface area contributed by atoms with E-state index in [2.05, 4.69) is 19.5 Å². The lowest BCUT2D eigenvalue weighted by Crippen LogP contribution is -2.56. The number of hydrogen-bond acceptors (Lipinski definition) is 3. The van der Waals surface area contributed by atoms with Crippen molar-refractivity contribution in [2.45, 2.75) is 43.7 Å². The number of ether oxygens (including phenoxy) is 1. The van der Waals surface area contributed by atoms with E-state index in [0.29, 0.717) is 11.8 Å². The second kappa shape index (κ2) is 4.55. The lowest BCUT2D eigenvalue weighted by atomic mass is 9.52. The van der Waals surface area contributed by atoms with E-state index < -0.39 is 0 Å². The van der Waals surface area contributed by atoms with Gasteiger partial charge in [-0.25, -0.2) is 9.78 Å². The molecule has 7 rings (SSSR count). The Morgan fingerprint density at radius 2 is 2.08 bits per heavy atom. The first kappa shape index (κ1) is 14.1. The third kappa shape index (κ3) is 1.73. The van der Waals surface area contributed by atoms with Crippen molar-refractivity contribution in [2.75, 3.05) is 7.11 Å².